The normalized spacial score (nSPS) is 10.1. The lowest BCUT2D eigenvalue weighted by molar-refractivity contribution is 0.837. The summed E-state index contributed by atoms with van der Waals surface area (Å²) in [6.45, 7) is 6.35. The Balaban J connectivity index is 2.44. The maximum absolute atomic E-state index is 5.97. The number of allylic oxidation sites excluding steroid dienone is 2. The zero-order valence-electron chi connectivity index (χ0n) is 9.81. The Morgan fingerprint density at radius 2 is 2.07 bits per heavy atom. The Labute approximate surface area is 98.0 Å². The van der Waals surface area contributed by atoms with Gasteiger partial charge in [0.15, 0.2) is 0 Å². The van der Waals surface area contributed by atoms with Crippen LogP contribution < -0.4 is 0 Å². The lowest BCUT2D eigenvalue weighted by Crippen LogP contribution is -1.86. The third kappa shape index (κ3) is 4.53. The number of benzene rings is 1. The zero-order chi connectivity index (χ0) is 11.3. The highest BCUT2D eigenvalue weighted by Gasteiger charge is 1.97. The topological polar surface area (TPSA) is 0 Å². The molecule has 0 radical (unpaired) electrons. The van der Waals surface area contributed by atoms with E-state index in [-0.39, 0.29) is 0 Å². The van der Waals surface area contributed by atoms with Crippen LogP contribution in [-0.4, -0.2) is 0 Å². The number of aryl methyl sites for hydroxylation is 2. The SMILES string of the molecule is CC(C)=CCCCc1ccc(Cl)c(C)c1. The highest BCUT2D eigenvalue weighted by Crippen LogP contribution is 2.17. The fourth-order valence-electron chi connectivity index (χ4n) is 1.56. The van der Waals surface area contributed by atoms with Crippen molar-refractivity contribution in [1.82, 2.24) is 0 Å². The molecule has 0 bridgehead atoms. The predicted molar refractivity (Wildman–Crippen MR) is 68.6 cm³/mol. The second-order valence-electron chi connectivity index (χ2n) is 4.26. The van der Waals surface area contributed by atoms with Gasteiger partial charge in [-0.1, -0.05) is 35.4 Å². The van der Waals surface area contributed by atoms with Gasteiger partial charge in [0.25, 0.3) is 0 Å². The molecule has 0 saturated carbocycles. The van der Waals surface area contributed by atoms with E-state index < -0.39 is 0 Å². The molecule has 1 aromatic carbocycles. The molecule has 0 spiro atoms. The molecule has 0 N–H and O–H groups in total. The standard InChI is InChI=1S/C14H19Cl/c1-11(2)6-4-5-7-13-8-9-14(15)12(3)10-13/h6,8-10H,4-5,7H2,1-3H3. The molecule has 0 saturated heterocycles. The smallest absolute Gasteiger partial charge is 0.0435 e. The Morgan fingerprint density at radius 3 is 2.67 bits per heavy atom. The number of unbranched alkanes of at least 4 members (excludes halogenated alkanes) is 1. The van der Waals surface area contributed by atoms with Gasteiger partial charge in [-0.2, -0.15) is 0 Å². The van der Waals surface area contributed by atoms with E-state index in [0.717, 1.165) is 11.4 Å². The van der Waals surface area contributed by atoms with E-state index in [0.29, 0.717) is 0 Å². The first-order valence-corrected chi connectivity index (χ1v) is 5.86. The molecule has 1 heteroatoms. The van der Waals surface area contributed by atoms with E-state index in [4.69, 9.17) is 11.6 Å². The Bertz CT molecular complexity index is 346. The Hall–Kier alpha value is -0.750. The van der Waals surface area contributed by atoms with Gasteiger partial charge in [-0.15, -0.1) is 0 Å². The molecule has 0 heterocycles. The maximum atomic E-state index is 5.97. The second-order valence-corrected chi connectivity index (χ2v) is 4.66. The molecule has 1 aromatic rings. The molecule has 0 aliphatic rings. The van der Waals surface area contributed by atoms with Crippen molar-refractivity contribution in [2.24, 2.45) is 0 Å². The highest BCUT2D eigenvalue weighted by molar-refractivity contribution is 6.31. The van der Waals surface area contributed by atoms with E-state index in [9.17, 15) is 0 Å². The zero-order valence-corrected chi connectivity index (χ0v) is 10.6. The van der Waals surface area contributed by atoms with Gasteiger partial charge in [-0.3, -0.25) is 0 Å². The van der Waals surface area contributed by atoms with Crippen LogP contribution in [-0.2, 0) is 6.42 Å². The lowest BCUT2D eigenvalue weighted by Gasteiger charge is -2.03. The number of rotatable bonds is 4. The van der Waals surface area contributed by atoms with Crippen LogP contribution in [0, 0.1) is 6.92 Å². The Morgan fingerprint density at radius 1 is 1.33 bits per heavy atom. The fourth-order valence-corrected chi connectivity index (χ4v) is 1.68. The quantitative estimate of drug-likeness (QED) is 0.500. The van der Waals surface area contributed by atoms with Gasteiger partial charge in [0, 0.05) is 5.02 Å². The molecular formula is C14H19Cl. The largest absolute Gasteiger partial charge is 0.0859 e. The predicted octanol–water partition coefficient (Wildman–Crippen LogP) is 4.94. The van der Waals surface area contributed by atoms with Crippen LogP contribution in [0.5, 0.6) is 0 Å². The summed E-state index contributed by atoms with van der Waals surface area (Å²) in [5.41, 5.74) is 3.97. The van der Waals surface area contributed by atoms with Crippen molar-refractivity contribution in [3.63, 3.8) is 0 Å². The monoisotopic (exact) mass is 222 g/mol. The van der Waals surface area contributed by atoms with Crippen LogP contribution in [0.25, 0.3) is 0 Å². The van der Waals surface area contributed by atoms with Gasteiger partial charge in [-0.25, -0.2) is 0 Å². The first kappa shape index (κ1) is 12.3. The summed E-state index contributed by atoms with van der Waals surface area (Å²) in [6, 6.07) is 6.30. The van der Waals surface area contributed by atoms with E-state index >= 15 is 0 Å². The van der Waals surface area contributed by atoms with Crippen molar-refractivity contribution in [1.29, 1.82) is 0 Å². The molecule has 0 aromatic heterocycles. The molecule has 0 amide bonds. The van der Waals surface area contributed by atoms with Crippen LogP contribution in [0.15, 0.2) is 29.8 Å². The van der Waals surface area contributed by atoms with Crippen molar-refractivity contribution in [2.75, 3.05) is 0 Å². The third-order valence-corrected chi connectivity index (χ3v) is 2.87. The minimum atomic E-state index is 0.864. The first-order valence-electron chi connectivity index (χ1n) is 5.48. The summed E-state index contributed by atoms with van der Waals surface area (Å²) in [5, 5.41) is 0.864. The number of hydrogen-bond donors (Lipinski definition) is 0. The summed E-state index contributed by atoms with van der Waals surface area (Å²) in [5.74, 6) is 0. The van der Waals surface area contributed by atoms with Crippen molar-refractivity contribution >= 4 is 11.6 Å². The van der Waals surface area contributed by atoms with E-state index in [1.54, 1.807) is 0 Å². The molecule has 0 aliphatic carbocycles. The summed E-state index contributed by atoms with van der Waals surface area (Å²) in [6.07, 6.45) is 5.82. The van der Waals surface area contributed by atoms with E-state index in [1.807, 2.05) is 6.07 Å². The minimum absolute atomic E-state index is 0.864. The van der Waals surface area contributed by atoms with Crippen LogP contribution in [0.1, 0.15) is 37.8 Å². The van der Waals surface area contributed by atoms with Crippen molar-refractivity contribution in [3.05, 3.63) is 46.0 Å². The Kier molecular flexibility index (Phi) is 4.90. The van der Waals surface area contributed by atoms with Gasteiger partial charge in [0.05, 0.1) is 0 Å². The third-order valence-electron chi connectivity index (χ3n) is 2.44. The number of halogens is 1. The molecule has 0 unspecified atom stereocenters. The van der Waals surface area contributed by atoms with Gasteiger partial charge in [0.1, 0.15) is 0 Å². The molecular weight excluding hydrogens is 204 g/mol. The maximum Gasteiger partial charge on any atom is 0.0435 e. The average Bonchev–Trinajstić information content (AvgIpc) is 2.18. The van der Waals surface area contributed by atoms with Gasteiger partial charge in [-0.05, 0) is 57.2 Å². The molecule has 0 aliphatic heterocycles. The fraction of sp³-hybridized carbons (Fsp3) is 0.429. The lowest BCUT2D eigenvalue weighted by atomic mass is 10.1. The molecule has 1 rings (SSSR count). The average molecular weight is 223 g/mol. The highest BCUT2D eigenvalue weighted by atomic mass is 35.5. The van der Waals surface area contributed by atoms with Crippen molar-refractivity contribution < 1.29 is 0 Å². The summed E-state index contributed by atoms with van der Waals surface area (Å²) >= 11 is 5.97. The van der Waals surface area contributed by atoms with Crippen LogP contribution in [0.2, 0.25) is 5.02 Å². The second kappa shape index (κ2) is 5.97. The molecule has 0 atom stereocenters. The van der Waals surface area contributed by atoms with Crippen molar-refractivity contribution in [2.45, 2.75) is 40.0 Å². The summed E-state index contributed by atoms with van der Waals surface area (Å²) in [4.78, 5) is 0. The summed E-state index contributed by atoms with van der Waals surface area (Å²) < 4.78 is 0. The summed E-state index contributed by atoms with van der Waals surface area (Å²) in [7, 11) is 0. The molecule has 0 fully saturated rings. The van der Waals surface area contributed by atoms with Crippen LogP contribution in [0.4, 0.5) is 0 Å². The first-order chi connectivity index (χ1) is 7.09. The van der Waals surface area contributed by atoms with E-state index in [2.05, 4.69) is 39.0 Å². The van der Waals surface area contributed by atoms with Gasteiger partial charge in [0.2, 0.25) is 0 Å². The van der Waals surface area contributed by atoms with E-state index in [1.165, 1.54) is 29.5 Å². The molecule has 15 heavy (non-hydrogen) atoms. The number of hydrogen-bond acceptors (Lipinski definition) is 0. The van der Waals surface area contributed by atoms with Gasteiger partial charge < -0.3 is 0 Å². The molecule has 0 nitrogen and oxygen atoms in total. The van der Waals surface area contributed by atoms with Crippen LogP contribution >= 0.6 is 11.6 Å². The van der Waals surface area contributed by atoms with Gasteiger partial charge >= 0.3 is 0 Å². The minimum Gasteiger partial charge on any atom is -0.0859 e. The molecule has 82 valence electrons. The van der Waals surface area contributed by atoms with Crippen LogP contribution in [0.3, 0.4) is 0 Å². The van der Waals surface area contributed by atoms with Crippen molar-refractivity contribution in [3.8, 4) is 0 Å².